The molecule has 0 saturated carbocycles. The van der Waals surface area contributed by atoms with E-state index in [4.69, 9.17) is 18.9 Å². The summed E-state index contributed by atoms with van der Waals surface area (Å²) < 4.78 is 24.0. The molecule has 6 rings (SSSR count). The lowest BCUT2D eigenvalue weighted by Crippen LogP contribution is -2.42. The normalized spacial score (nSPS) is 20.9. The highest BCUT2D eigenvalue weighted by molar-refractivity contribution is 8.14. The first-order valence-corrected chi connectivity index (χ1v) is 17.0. The first kappa shape index (κ1) is 33.6. The maximum atomic E-state index is 13.5. The molecule has 1 fully saturated rings. The average molecular weight is 695 g/mol. The van der Waals surface area contributed by atoms with Crippen molar-refractivity contribution in [3.63, 3.8) is 0 Å². The molecule has 4 aromatic rings. The van der Waals surface area contributed by atoms with Gasteiger partial charge in [-0.3, -0.25) is 9.69 Å². The van der Waals surface area contributed by atoms with Crippen molar-refractivity contribution in [2.45, 2.75) is 23.7 Å². The predicted octanol–water partition coefficient (Wildman–Crippen LogP) is 6.24. The van der Waals surface area contributed by atoms with Crippen LogP contribution in [0.2, 0.25) is 0 Å². The molecule has 4 unspecified atom stereocenters. The Balaban J connectivity index is 1.33. The third-order valence-electron chi connectivity index (χ3n) is 7.43. The van der Waals surface area contributed by atoms with Crippen LogP contribution in [0.15, 0.2) is 132 Å². The highest BCUT2D eigenvalue weighted by atomic mass is 32.2. The molecule has 2 aliphatic rings. The van der Waals surface area contributed by atoms with E-state index in [1.54, 1.807) is 103 Å². The van der Waals surface area contributed by atoms with E-state index in [0.717, 1.165) is 16.6 Å². The third-order valence-corrected chi connectivity index (χ3v) is 9.38. The molecule has 1 amide bonds. The summed E-state index contributed by atoms with van der Waals surface area (Å²) in [5.74, 6) is -2.33. The van der Waals surface area contributed by atoms with Crippen LogP contribution in [0, 0.1) is 0 Å². The number of aliphatic imine (C=N–C) groups is 1. The van der Waals surface area contributed by atoms with Crippen molar-refractivity contribution in [2.24, 2.45) is 4.99 Å². The Morgan fingerprint density at radius 2 is 1.39 bits per heavy atom. The Hall–Kier alpha value is -5.30. The maximum Gasteiger partial charge on any atom is 0.338 e. The molecule has 12 heteroatoms. The largest absolute Gasteiger partial charge is 0.459 e. The number of ether oxygens (including phenoxy) is 4. The summed E-state index contributed by atoms with van der Waals surface area (Å²) >= 11 is 2.49. The van der Waals surface area contributed by atoms with E-state index in [1.807, 2.05) is 17.5 Å². The number of amides is 1. The summed E-state index contributed by atoms with van der Waals surface area (Å²) in [6.45, 7) is 3.60. The second-order valence-corrected chi connectivity index (χ2v) is 12.8. The number of carbonyl (C=O) groups is 4. The molecule has 3 aromatic carbocycles. The van der Waals surface area contributed by atoms with E-state index in [0.29, 0.717) is 5.56 Å². The van der Waals surface area contributed by atoms with Crippen molar-refractivity contribution < 1.29 is 38.1 Å². The van der Waals surface area contributed by atoms with Crippen LogP contribution in [-0.2, 0) is 23.7 Å². The van der Waals surface area contributed by atoms with Crippen LogP contribution in [-0.4, -0.2) is 70.8 Å². The molecule has 3 heterocycles. The molecule has 0 radical (unpaired) electrons. The Bertz CT molecular complexity index is 1860. The van der Waals surface area contributed by atoms with Gasteiger partial charge < -0.3 is 18.9 Å². The van der Waals surface area contributed by atoms with E-state index in [-0.39, 0.29) is 41.1 Å². The van der Waals surface area contributed by atoms with Crippen LogP contribution in [0.4, 0.5) is 0 Å². The van der Waals surface area contributed by atoms with Crippen LogP contribution >= 0.6 is 23.1 Å². The van der Waals surface area contributed by atoms with Gasteiger partial charge in [-0.2, -0.15) is 0 Å². The second-order valence-electron chi connectivity index (χ2n) is 10.7. The summed E-state index contributed by atoms with van der Waals surface area (Å²) in [5.41, 5.74) is 0.0177. The lowest BCUT2D eigenvalue weighted by molar-refractivity contribution is -0.122. The van der Waals surface area contributed by atoms with Gasteiger partial charge in [-0.05, 0) is 53.9 Å². The summed E-state index contributed by atoms with van der Waals surface area (Å²) in [7, 11) is 0. The van der Waals surface area contributed by atoms with E-state index >= 15 is 0 Å². The molecule has 0 spiro atoms. The number of thiophene rings is 1. The van der Waals surface area contributed by atoms with Gasteiger partial charge in [0.05, 0.1) is 16.7 Å². The van der Waals surface area contributed by atoms with Gasteiger partial charge in [-0.25, -0.2) is 19.4 Å². The van der Waals surface area contributed by atoms with Gasteiger partial charge in [-0.15, -0.1) is 17.9 Å². The Kier molecular flexibility index (Phi) is 10.8. The molecule has 10 nitrogen and oxygen atoms in total. The Labute approximate surface area is 290 Å². The topological polar surface area (TPSA) is 121 Å². The Morgan fingerprint density at radius 3 is 1.94 bits per heavy atom. The number of rotatable bonds is 11. The van der Waals surface area contributed by atoms with Gasteiger partial charge in [-0.1, -0.05) is 78.5 Å². The van der Waals surface area contributed by atoms with E-state index in [1.165, 1.54) is 16.2 Å². The predicted molar refractivity (Wildman–Crippen MR) is 186 cm³/mol. The van der Waals surface area contributed by atoms with E-state index in [9.17, 15) is 19.2 Å². The minimum absolute atomic E-state index is 0.151. The molecule has 0 aliphatic carbocycles. The molecule has 4 atom stereocenters. The van der Waals surface area contributed by atoms with Gasteiger partial charge in [0.15, 0.2) is 22.8 Å². The van der Waals surface area contributed by atoms with Crippen LogP contribution in [0.1, 0.15) is 36.0 Å². The average Bonchev–Trinajstić information content (AvgIpc) is 3.84. The zero-order chi connectivity index (χ0) is 34.2. The first-order valence-electron chi connectivity index (χ1n) is 15.2. The van der Waals surface area contributed by atoms with Crippen molar-refractivity contribution in [2.75, 3.05) is 13.2 Å². The lowest BCUT2D eigenvalue weighted by atomic mass is 10.1. The van der Waals surface area contributed by atoms with Crippen LogP contribution < -0.4 is 0 Å². The maximum absolute atomic E-state index is 13.5. The SMILES string of the molecule is C=CCN1C(=O)/C(=C/c2cccs2)N=C1SC1OC(COC(=O)c2ccccc2)C(OC(=O)c2ccccc2)C1OC(=O)c1ccccc1. The van der Waals surface area contributed by atoms with Crippen molar-refractivity contribution in [3.8, 4) is 0 Å². The molecule has 49 heavy (non-hydrogen) atoms. The molecule has 0 bridgehead atoms. The number of thioether (sulfide) groups is 1. The number of carbonyl (C=O) groups excluding carboxylic acids is 4. The quantitative estimate of drug-likeness (QED) is 0.0778. The fraction of sp³-hybridized carbons (Fsp3) is 0.162. The number of hydrogen-bond donors (Lipinski definition) is 0. The summed E-state index contributed by atoms with van der Waals surface area (Å²) in [4.78, 5) is 60.1. The number of esters is 3. The summed E-state index contributed by atoms with van der Waals surface area (Å²) in [6, 6.07) is 28.8. The molecule has 248 valence electrons. The van der Waals surface area contributed by atoms with Gasteiger partial charge in [0.25, 0.3) is 5.91 Å². The minimum Gasteiger partial charge on any atom is -0.459 e. The highest BCUT2D eigenvalue weighted by Crippen LogP contribution is 2.38. The van der Waals surface area contributed by atoms with Crippen molar-refractivity contribution in [1.82, 2.24) is 4.90 Å². The minimum atomic E-state index is -1.21. The number of hydrogen-bond acceptors (Lipinski definition) is 11. The number of amidine groups is 1. The summed E-state index contributed by atoms with van der Waals surface area (Å²) in [5, 5.41) is 2.17. The van der Waals surface area contributed by atoms with E-state index < -0.39 is 41.7 Å². The summed E-state index contributed by atoms with van der Waals surface area (Å²) in [6.07, 6.45) is -0.221. The lowest BCUT2D eigenvalue weighted by Gasteiger charge is -2.25. The van der Waals surface area contributed by atoms with Gasteiger partial charge in [0, 0.05) is 11.4 Å². The molecular formula is C37H30N2O8S2. The zero-order valence-electron chi connectivity index (χ0n) is 26.0. The van der Waals surface area contributed by atoms with Crippen LogP contribution in [0.25, 0.3) is 6.08 Å². The van der Waals surface area contributed by atoms with Crippen molar-refractivity contribution >= 4 is 58.2 Å². The second kappa shape index (κ2) is 15.7. The number of benzene rings is 3. The van der Waals surface area contributed by atoms with E-state index in [2.05, 4.69) is 11.6 Å². The molecule has 2 aliphatic heterocycles. The zero-order valence-corrected chi connectivity index (χ0v) is 27.6. The monoisotopic (exact) mass is 694 g/mol. The molecule has 0 N–H and O–H groups in total. The van der Waals surface area contributed by atoms with Crippen molar-refractivity contribution in [1.29, 1.82) is 0 Å². The van der Waals surface area contributed by atoms with Crippen LogP contribution in [0.3, 0.4) is 0 Å². The fourth-order valence-corrected chi connectivity index (χ4v) is 6.90. The van der Waals surface area contributed by atoms with Crippen LogP contribution in [0.5, 0.6) is 0 Å². The highest BCUT2D eigenvalue weighted by Gasteiger charge is 2.52. The third kappa shape index (κ3) is 8.06. The standard InChI is InChI=1S/C37H30N2O8S2/c1-2-20-39-32(40)28(22-27-19-12-21-48-27)38-37(39)49-36-31(47-35(43)26-17-10-5-11-18-26)30(46-34(42)25-15-8-4-9-16-25)29(45-36)23-44-33(41)24-13-6-3-7-14-24/h2-19,21-22,29-31,36H,1,20,23H2/b28-22-. The van der Waals surface area contributed by atoms with Crippen molar-refractivity contribution in [3.05, 3.63) is 148 Å². The van der Waals surface area contributed by atoms with Gasteiger partial charge in [0.1, 0.15) is 18.4 Å². The van der Waals surface area contributed by atoms with Gasteiger partial charge >= 0.3 is 17.9 Å². The molecule has 1 saturated heterocycles. The molecule has 1 aromatic heterocycles. The first-order chi connectivity index (χ1) is 23.9. The smallest absolute Gasteiger partial charge is 0.338 e. The Morgan fingerprint density at radius 1 is 0.816 bits per heavy atom. The molecular weight excluding hydrogens is 665 g/mol. The fourth-order valence-electron chi connectivity index (χ4n) is 5.06. The number of nitrogens with zero attached hydrogens (tertiary/aromatic N) is 2. The van der Waals surface area contributed by atoms with Gasteiger partial charge in [0.2, 0.25) is 0 Å².